The van der Waals surface area contributed by atoms with Gasteiger partial charge in [-0.05, 0) is 31.2 Å². The quantitative estimate of drug-likeness (QED) is 0.715. The molecule has 7 heteroatoms. The summed E-state index contributed by atoms with van der Waals surface area (Å²) in [7, 11) is 0. The first kappa shape index (κ1) is 15.5. The van der Waals surface area contributed by atoms with E-state index in [0.29, 0.717) is 5.75 Å². The third-order valence-corrected chi connectivity index (χ3v) is 2.78. The Balaban J connectivity index is 2.44. The Labute approximate surface area is 118 Å². The molecule has 2 atom stereocenters. The van der Waals surface area contributed by atoms with E-state index in [2.05, 4.69) is 21.2 Å². The standard InChI is InChI=1S/C12H14BrNO5/c1-7(11(16)14-6-10(15)12(17)18)19-9-4-2-8(13)3-5-9/h2-5,7,10,15H,6H2,1H3,(H,14,16)(H,17,18)/t7?,10-/m0/s1. The lowest BCUT2D eigenvalue weighted by Gasteiger charge is -2.15. The van der Waals surface area contributed by atoms with Gasteiger partial charge in [0.15, 0.2) is 12.2 Å². The second-order valence-corrected chi connectivity index (χ2v) is 4.73. The first-order valence-electron chi connectivity index (χ1n) is 5.51. The summed E-state index contributed by atoms with van der Waals surface area (Å²) in [6.07, 6.45) is -2.41. The summed E-state index contributed by atoms with van der Waals surface area (Å²) in [6, 6.07) is 6.93. The van der Waals surface area contributed by atoms with E-state index in [1.54, 1.807) is 24.3 Å². The summed E-state index contributed by atoms with van der Waals surface area (Å²) in [5.74, 6) is -1.37. The van der Waals surface area contributed by atoms with Gasteiger partial charge in [-0.25, -0.2) is 4.79 Å². The van der Waals surface area contributed by atoms with E-state index in [1.165, 1.54) is 6.92 Å². The molecule has 0 saturated carbocycles. The topological polar surface area (TPSA) is 95.9 Å². The van der Waals surface area contributed by atoms with Crippen LogP contribution in [-0.4, -0.2) is 40.8 Å². The lowest BCUT2D eigenvalue weighted by Crippen LogP contribution is -2.42. The van der Waals surface area contributed by atoms with Crippen molar-refractivity contribution in [3.63, 3.8) is 0 Å². The van der Waals surface area contributed by atoms with Gasteiger partial charge in [-0.1, -0.05) is 15.9 Å². The molecule has 1 amide bonds. The average Bonchev–Trinajstić information content (AvgIpc) is 2.37. The van der Waals surface area contributed by atoms with E-state index in [1.807, 2.05) is 0 Å². The first-order valence-corrected chi connectivity index (χ1v) is 6.30. The number of hydrogen-bond donors (Lipinski definition) is 3. The number of benzene rings is 1. The third kappa shape index (κ3) is 5.27. The number of rotatable bonds is 6. The zero-order valence-electron chi connectivity index (χ0n) is 10.2. The molecule has 0 aromatic heterocycles. The molecule has 1 rings (SSSR count). The maximum absolute atomic E-state index is 11.6. The van der Waals surface area contributed by atoms with E-state index in [-0.39, 0.29) is 6.54 Å². The highest BCUT2D eigenvalue weighted by Crippen LogP contribution is 2.17. The van der Waals surface area contributed by atoms with Crippen molar-refractivity contribution in [2.75, 3.05) is 6.54 Å². The predicted octanol–water partition coefficient (Wildman–Crippen LogP) is 0.778. The van der Waals surface area contributed by atoms with Gasteiger partial charge >= 0.3 is 5.97 Å². The summed E-state index contributed by atoms with van der Waals surface area (Å²) in [4.78, 5) is 22.0. The number of halogens is 1. The number of carbonyl (C=O) groups excluding carboxylic acids is 1. The van der Waals surface area contributed by atoms with Crippen LogP contribution in [0.3, 0.4) is 0 Å². The van der Waals surface area contributed by atoms with Crippen LogP contribution in [0.25, 0.3) is 0 Å². The smallest absolute Gasteiger partial charge is 0.334 e. The number of aliphatic hydroxyl groups excluding tert-OH is 1. The van der Waals surface area contributed by atoms with Crippen LogP contribution in [0.4, 0.5) is 0 Å². The molecule has 19 heavy (non-hydrogen) atoms. The molecule has 0 saturated heterocycles. The molecule has 0 aliphatic heterocycles. The lowest BCUT2D eigenvalue weighted by atomic mass is 10.3. The van der Waals surface area contributed by atoms with Crippen molar-refractivity contribution in [2.45, 2.75) is 19.1 Å². The Kier molecular flexibility index (Phi) is 5.78. The molecule has 104 valence electrons. The molecule has 0 fully saturated rings. The van der Waals surface area contributed by atoms with E-state index < -0.39 is 24.1 Å². The molecule has 0 aliphatic rings. The number of amides is 1. The van der Waals surface area contributed by atoms with Crippen LogP contribution in [-0.2, 0) is 9.59 Å². The van der Waals surface area contributed by atoms with Gasteiger partial charge in [0.2, 0.25) is 0 Å². The van der Waals surface area contributed by atoms with Crippen LogP contribution in [0, 0.1) is 0 Å². The van der Waals surface area contributed by atoms with E-state index in [9.17, 15) is 9.59 Å². The number of carbonyl (C=O) groups is 2. The number of ether oxygens (including phenoxy) is 1. The van der Waals surface area contributed by atoms with Crippen molar-refractivity contribution >= 4 is 27.8 Å². The molecule has 0 aliphatic carbocycles. The number of aliphatic hydroxyl groups is 1. The maximum Gasteiger partial charge on any atom is 0.334 e. The fourth-order valence-electron chi connectivity index (χ4n) is 1.20. The number of carboxylic acids is 1. The normalized spacial score (nSPS) is 13.4. The lowest BCUT2D eigenvalue weighted by molar-refractivity contribution is -0.146. The molecular formula is C12H14BrNO5. The predicted molar refractivity (Wildman–Crippen MR) is 70.9 cm³/mol. The monoisotopic (exact) mass is 331 g/mol. The fraction of sp³-hybridized carbons (Fsp3) is 0.333. The zero-order chi connectivity index (χ0) is 14.4. The number of hydrogen-bond acceptors (Lipinski definition) is 4. The van der Waals surface area contributed by atoms with Gasteiger partial charge in [0.05, 0.1) is 6.54 Å². The average molecular weight is 332 g/mol. The number of carboxylic acid groups (broad SMARTS) is 1. The Hall–Kier alpha value is -1.60. The van der Waals surface area contributed by atoms with Crippen LogP contribution in [0.5, 0.6) is 5.75 Å². The van der Waals surface area contributed by atoms with Crippen molar-refractivity contribution in [1.29, 1.82) is 0 Å². The third-order valence-electron chi connectivity index (χ3n) is 2.25. The van der Waals surface area contributed by atoms with Crippen molar-refractivity contribution in [1.82, 2.24) is 5.32 Å². The highest BCUT2D eigenvalue weighted by Gasteiger charge is 2.18. The van der Waals surface area contributed by atoms with Gasteiger partial charge in [-0.15, -0.1) is 0 Å². The molecule has 1 unspecified atom stereocenters. The highest BCUT2D eigenvalue weighted by molar-refractivity contribution is 9.10. The van der Waals surface area contributed by atoms with E-state index >= 15 is 0 Å². The molecule has 0 heterocycles. The van der Waals surface area contributed by atoms with Crippen molar-refractivity contribution < 1.29 is 24.5 Å². The summed E-state index contributed by atoms with van der Waals surface area (Å²) in [5, 5.41) is 19.8. The Morgan fingerprint density at radius 2 is 1.95 bits per heavy atom. The zero-order valence-corrected chi connectivity index (χ0v) is 11.8. The van der Waals surface area contributed by atoms with Crippen LogP contribution < -0.4 is 10.1 Å². The highest BCUT2D eigenvalue weighted by atomic mass is 79.9. The molecule has 1 aromatic rings. The fourth-order valence-corrected chi connectivity index (χ4v) is 1.46. The Bertz CT molecular complexity index is 448. The summed E-state index contributed by atoms with van der Waals surface area (Å²) in [6.45, 7) is 1.17. The molecule has 3 N–H and O–H groups in total. The Morgan fingerprint density at radius 1 is 1.37 bits per heavy atom. The molecular weight excluding hydrogens is 318 g/mol. The van der Waals surface area contributed by atoms with Gasteiger partial charge in [0, 0.05) is 4.47 Å². The van der Waals surface area contributed by atoms with Crippen molar-refractivity contribution in [3.8, 4) is 5.75 Å². The van der Waals surface area contributed by atoms with Gasteiger partial charge in [-0.3, -0.25) is 4.79 Å². The van der Waals surface area contributed by atoms with Crippen LogP contribution in [0.2, 0.25) is 0 Å². The second kappa shape index (κ2) is 7.10. The summed E-state index contributed by atoms with van der Waals surface area (Å²) < 4.78 is 6.25. The van der Waals surface area contributed by atoms with E-state index in [0.717, 1.165) is 4.47 Å². The minimum Gasteiger partial charge on any atom is -0.481 e. The van der Waals surface area contributed by atoms with E-state index in [4.69, 9.17) is 14.9 Å². The molecule has 0 bridgehead atoms. The molecule has 0 radical (unpaired) electrons. The summed E-state index contributed by atoms with van der Waals surface area (Å²) >= 11 is 3.28. The van der Waals surface area contributed by atoms with Gasteiger partial charge in [-0.2, -0.15) is 0 Å². The summed E-state index contributed by atoms with van der Waals surface area (Å²) in [5.41, 5.74) is 0. The molecule has 1 aromatic carbocycles. The van der Waals surface area contributed by atoms with Crippen LogP contribution >= 0.6 is 15.9 Å². The first-order chi connectivity index (χ1) is 8.90. The Morgan fingerprint density at radius 3 is 2.47 bits per heavy atom. The second-order valence-electron chi connectivity index (χ2n) is 3.81. The van der Waals surface area contributed by atoms with Gasteiger partial charge in [0.25, 0.3) is 5.91 Å². The maximum atomic E-state index is 11.6. The van der Waals surface area contributed by atoms with Crippen LogP contribution in [0.1, 0.15) is 6.92 Å². The van der Waals surface area contributed by atoms with Gasteiger partial charge in [0.1, 0.15) is 5.75 Å². The minimum atomic E-state index is -1.62. The molecule has 6 nitrogen and oxygen atoms in total. The van der Waals surface area contributed by atoms with Crippen molar-refractivity contribution in [3.05, 3.63) is 28.7 Å². The molecule has 0 spiro atoms. The van der Waals surface area contributed by atoms with Crippen LogP contribution in [0.15, 0.2) is 28.7 Å². The van der Waals surface area contributed by atoms with Crippen molar-refractivity contribution in [2.24, 2.45) is 0 Å². The van der Waals surface area contributed by atoms with Gasteiger partial charge < -0.3 is 20.3 Å². The largest absolute Gasteiger partial charge is 0.481 e. The SMILES string of the molecule is CC(Oc1ccc(Br)cc1)C(=O)NC[C@H](O)C(=O)O. The number of aliphatic carboxylic acids is 1. The minimum absolute atomic E-state index is 0.359. The number of nitrogens with one attached hydrogen (secondary N) is 1.